The molecule has 6 nitrogen and oxygen atoms in total. The van der Waals surface area contributed by atoms with Crippen LogP contribution in [-0.2, 0) is 11.3 Å². The Balaban J connectivity index is 1.61. The highest BCUT2D eigenvalue weighted by Gasteiger charge is 2.30. The third-order valence-corrected chi connectivity index (χ3v) is 5.69. The van der Waals surface area contributed by atoms with Crippen LogP contribution in [0.3, 0.4) is 0 Å². The summed E-state index contributed by atoms with van der Waals surface area (Å²) in [6.07, 6.45) is 4.12. The molecule has 8 heteroatoms. The van der Waals surface area contributed by atoms with E-state index in [2.05, 4.69) is 28.2 Å². The van der Waals surface area contributed by atoms with E-state index < -0.39 is 0 Å². The van der Waals surface area contributed by atoms with Gasteiger partial charge < -0.3 is 9.88 Å². The second-order valence-corrected chi connectivity index (χ2v) is 7.75. The van der Waals surface area contributed by atoms with E-state index in [0.29, 0.717) is 18.2 Å². The topological polar surface area (TPSA) is 83.6 Å². The molecule has 0 unspecified atom stereocenters. The van der Waals surface area contributed by atoms with Crippen LogP contribution in [-0.4, -0.2) is 32.2 Å². The first-order chi connectivity index (χ1) is 12.7. The van der Waals surface area contributed by atoms with E-state index >= 15 is 0 Å². The van der Waals surface area contributed by atoms with Crippen LogP contribution in [0.2, 0.25) is 0 Å². The van der Waals surface area contributed by atoms with E-state index in [9.17, 15) is 4.79 Å². The summed E-state index contributed by atoms with van der Waals surface area (Å²) >= 11 is 2.78. The highest BCUT2D eigenvalue weighted by Crippen LogP contribution is 2.40. The van der Waals surface area contributed by atoms with Crippen molar-refractivity contribution in [3.63, 3.8) is 0 Å². The minimum atomic E-state index is -0.110. The first-order valence-corrected chi connectivity index (χ1v) is 10.3. The molecule has 1 aromatic carbocycles. The van der Waals surface area contributed by atoms with Crippen molar-refractivity contribution in [2.24, 2.45) is 0 Å². The Morgan fingerprint density at radius 1 is 1.38 bits per heavy atom. The van der Waals surface area contributed by atoms with Crippen LogP contribution in [0.25, 0.3) is 0 Å². The summed E-state index contributed by atoms with van der Waals surface area (Å²) < 4.78 is 2.04. The molecule has 0 spiro atoms. The van der Waals surface area contributed by atoms with Gasteiger partial charge in [-0.3, -0.25) is 4.79 Å². The van der Waals surface area contributed by atoms with Gasteiger partial charge in [0.1, 0.15) is 5.82 Å². The second kappa shape index (κ2) is 8.92. The van der Waals surface area contributed by atoms with Gasteiger partial charge in [0, 0.05) is 17.4 Å². The zero-order valence-corrected chi connectivity index (χ0v) is 15.9. The molecule has 1 aliphatic carbocycles. The molecule has 1 N–H and O–H groups in total. The van der Waals surface area contributed by atoms with Crippen molar-refractivity contribution in [3.8, 4) is 6.07 Å². The van der Waals surface area contributed by atoms with Gasteiger partial charge in [0.25, 0.3) is 0 Å². The minimum Gasteiger partial charge on any atom is -0.324 e. The molecule has 2 aromatic rings. The molecule has 0 radical (unpaired) electrons. The number of allylic oxidation sites excluding steroid dienone is 1. The lowest BCUT2D eigenvalue weighted by Crippen LogP contribution is -2.15. The summed E-state index contributed by atoms with van der Waals surface area (Å²) in [6.45, 7) is 4.44. The number of nitrogens with one attached hydrogen (secondary N) is 1. The zero-order valence-electron chi connectivity index (χ0n) is 14.2. The number of amides is 1. The van der Waals surface area contributed by atoms with Gasteiger partial charge in [-0.1, -0.05) is 30.0 Å². The van der Waals surface area contributed by atoms with Crippen LogP contribution in [0.15, 0.2) is 47.0 Å². The molecule has 1 heterocycles. The predicted octanol–water partition coefficient (Wildman–Crippen LogP) is 3.69. The molecule has 1 saturated carbocycles. The average Bonchev–Trinajstić information content (AvgIpc) is 3.41. The lowest BCUT2D eigenvalue weighted by atomic mass is 10.3. The van der Waals surface area contributed by atoms with E-state index in [1.54, 1.807) is 0 Å². The number of para-hydroxylation sites is 1. The molecule has 0 atom stereocenters. The number of anilines is 1. The van der Waals surface area contributed by atoms with Crippen LogP contribution in [0.5, 0.6) is 0 Å². The maximum Gasteiger partial charge on any atom is 0.234 e. The minimum absolute atomic E-state index is 0.110. The lowest BCUT2D eigenvalue weighted by Gasteiger charge is -2.10. The number of thioether (sulfide) groups is 2. The van der Waals surface area contributed by atoms with Crippen molar-refractivity contribution in [1.82, 2.24) is 14.8 Å². The Bertz CT molecular complexity index is 838. The Morgan fingerprint density at radius 3 is 2.92 bits per heavy atom. The van der Waals surface area contributed by atoms with Crippen molar-refractivity contribution in [2.45, 2.75) is 35.4 Å². The molecule has 1 fully saturated rings. The molecular formula is C18H19N5OS2. The number of rotatable bonds is 9. The fraction of sp³-hybridized carbons (Fsp3) is 0.333. The van der Waals surface area contributed by atoms with Crippen LogP contribution >= 0.6 is 23.5 Å². The van der Waals surface area contributed by atoms with E-state index in [0.717, 1.165) is 34.4 Å². The Morgan fingerprint density at radius 2 is 2.19 bits per heavy atom. The quantitative estimate of drug-likeness (QED) is 0.523. The molecule has 1 aliphatic rings. The van der Waals surface area contributed by atoms with Crippen molar-refractivity contribution in [3.05, 3.63) is 42.7 Å². The number of carbonyl (C=O) groups excluding carboxylic acids is 1. The predicted molar refractivity (Wildman–Crippen MR) is 104 cm³/mol. The van der Waals surface area contributed by atoms with Crippen LogP contribution < -0.4 is 5.32 Å². The lowest BCUT2D eigenvalue weighted by molar-refractivity contribution is -0.113. The highest BCUT2D eigenvalue weighted by molar-refractivity contribution is 8.00. The van der Waals surface area contributed by atoms with Crippen LogP contribution in [0, 0.1) is 11.3 Å². The van der Waals surface area contributed by atoms with Crippen LogP contribution in [0.4, 0.5) is 5.69 Å². The maximum absolute atomic E-state index is 12.4. The third-order valence-electron chi connectivity index (χ3n) is 3.79. The number of hydrogen-bond donors (Lipinski definition) is 1. The normalized spacial score (nSPS) is 13.2. The standard InChI is InChI=1S/C18H19N5OS2/c1-2-10-23-17(13-7-8-13)21-22-18(23)26-12-16(24)20-14-5-3-4-6-15(14)25-11-9-19/h2-6,13H,1,7-8,10-12H2,(H,20,24). The Kier molecular flexibility index (Phi) is 6.36. The van der Waals surface area contributed by atoms with E-state index in [1.807, 2.05) is 34.9 Å². The van der Waals surface area contributed by atoms with Crippen molar-refractivity contribution < 1.29 is 4.79 Å². The molecule has 1 aromatic heterocycles. The zero-order chi connectivity index (χ0) is 18.4. The second-order valence-electron chi connectivity index (χ2n) is 5.79. The van der Waals surface area contributed by atoms with Gasteiger partial charge in [-0.2, -0.15) is 5.26 Å². The first-order valence-electron chi connectivity index (χ1n) is 8.28. The maximum atomic E-state index is 12.4. The smallest absolute Gasteiger partial charge is 0.234 e. The van der Waals surface area contributed by atoms with Gasteiger partial charge in [-0.05, 0) is 25.0 Å². The van der Waals surface area contributed by atoms with Crippen molar-refractivity contribution >= 4 is 35.1 Å². The summed E-state index contributed by atoms with van der Waals surface area (Å²) in [6, 6.07) is 9.59. The molecule has 3 rings (SSSR count). The molecule has 0 bridgehead atoms. The summed E-state index contributed by atoms with van der Waals surface area (Å²) in [5, 5.41) is 20.9. The van der Waals surface area contributed by atoms with Gasteiger partial charge in [0.05, 0.1) is 23.3 Å². The van der Waals surface area contributed by atoms with E-state index in [4.69, 9.17) is 5.26 Å². The highest BCUT2D eigenvalue weighted by atomic mass is 32.2. The fourth-order valence-electron chi connectivity index (χ4n) is 2.47. The molecule has 0 aliphatic heterocycles. The third kappa shape index (κ3) is 4.68. The summed E-state index contributed by atoms with van der Waals surface area (Å²) in [4.78, 5) is 13.2. The Hall–Kier alpha value is -2.24. The number of aromatic nitrogens is 3. The molecular weight excluding hydrogens is 366 g/mol. The van der Waals surface area contributed by atoms with E-state index in [1.165, 1.54) is 23.5 Å². The number of hydrogen-bond acceptors (Lipinski definition) is 6. The molecule has 1 amide bonds. The van der Waals surface area contributed by atoms with Crippen LogP contribution in [0.1, 0.15) is 24.6 Å². The van der Waals surface area contributed by atoms with Gasteiger partial charge in [0.15, 0.2) is 5.16 Å². The number of benzene rings is 1. The van der Waals surface area contributed by atoms with Crippen molar-refractivity contribution in [1.29, 1.82) is 5.26 Å². The van der Waals surface area contributed by atoms with E-state index in [-0.39, 0.29) is 11.7 Å². The summed E-state index contributed by atoms with van der Waals surface area (Å²) in [5.41, 5.74) is 0.726. The summed E-state index contributed by atoms with van der Waals surface area (Å²) in [5.74, 6) is 1.97. The van der Waals surface area contributed by atoms with Gasteiger partial charge in [-0.15, -0.1) is 28.5 Å². The number of carbonyl (C=O) groups is 1. The largest absolute Gasteiger partial charge is 0.324 e. The number of nitrogens with zero attached hydrogens (tertiary/aromatic N) is 4. The van der Waals surface area contributed by atoms with Crippen molar-refractivity contribution in [2.75, 3.05) is 16.8 Å². The number of nitriles is 1. The van der Waals surface area contributed by atoms with Gasteiger partial charge in [0.2, 0.25) is 5.91 Å². The summed E-state index contributed by atoms with van der Waals surface area (Å²) in [7, 11) is 0. The van der Waals surface area contributed by atoms with Gasteiger partial charge in [-0.25, -0.2) is 0 Å². The fourth-order valence-corrected chi connectivity index (χ4v) is 3.90. The first kappa shape index (κ1) is 18.5. The molecule has 134 valence electrons. The monoisotopic (exact) mass is 385 g/mol. The average molecular weight is 386 g/mol. The SMILES string of the molecule is C=CCn1c(SCC(=O)Nc2ccccc2SCC#N)nnc1C1CC1. The van der Waals surface area contributed by atoms with Gasteiger partial charge >= 0.3 is 0 Å². The molecule has 26 heavy (non-hydrogen) atoms. The Labute approximate surface area is 161 Å². The molecule has 0 saturated heterocycles.